The van der Waals surface area contributed by atoms with Gasteiger partial charge < -0.3 is 9.84 Å². The minimum absolute atomic E-state index is 0.251. The maximum Gasteiger partial charge on any atom is 0.127 e. The maximum absolute atomic E-state index is 10.9. The van der Waals surface area contributed by atoms with E-state index < -0.39 is 5.60 Å². The minimum atomic E-state index is -0.862. The SMILES string of the molecule is C[C@@H]1CC[C@]2([C@](C)(O)c3ccccc3)O[C@@H]2C1. The Bertz CT molecular complexity index is 412. The Labute approximate surface area is 103 Å². The van der Waals surface area contributed by atoms with E-state index in [0.29, 0.717) is 0 Å². The van der Waals surface area contributed by atoms with E-state index in [1.165, 1.54) is 0 Å². The minimum Gasteiger partial charge on any atom is -0.382 e. The number of epoxide rings is 1. The molecule has 1 aromatic rings. The summed E-state index contributed by atoms with van der Waals surface area (Å²) in [6.45, 7) is 4.17. The lowest BCUT2D eigenvalue weighted by molar-refractivity contribution is -0.0350. The van der Waals surface area contributed by atoms with Gasteiger partial charge in [0.25, 0.3) is 0 Å². The molecule has 0 spiro atoms. The molecule has 2 heteroatoms. The van der Waals surface area contributed by atoms with Crippen molar-refractivity contribution in [2.24, 2.45) is 5.92 Å². The van der Waals surface area contributed by atoms with E-state index in [1.54, 1.807) is 0 Å². The van der Waals surface area contributed by atoms with Crippen LogP contribution in [0.25, 0.3) is 0 Å². The van der Waals surface area contributed by atoms with Crippen molar-refractivity contribution in [2.45, 2.75) is 50.4 Å². The Morgan fingerprint density at radius 3 is 2.71 bits per heavy atom. The molecule has 4 atom stereocenters. The second kappa shape index (κ2) is 3.56. The first-order valence-electron chi connectivity index (χ1n) is 6.52. The molecule has 0 amide bonds. The molecule has 0 aromatic heterocycles. The van der Waals surface area contributed by atoms with Crippen LogP contribution < -0.4 is 0 Å². The third kappa shape index (κ3) is 1.54. The number of hydrogen-bond acceptors (Lipinski definition) is 2. The van der Waals surface area contributed by atoms with Crippen LogP contribution in [0, 0.1) is 5.92 Å². The van der Waals surface area contributed by atoms with Crippen LogP contribution in [0.3, 0.4) is 0 Å². The molecule has 1 heterocycles. The molecule has 3 rings (SSSR count). The third-order valence-corrected chi connectivity index (χ3v) is 4.60. The van der Waals surface area contributed by atoms with Crippen LogP contribution in [0.4, 0.5) is 0 Å². The average molecular weight is 232 g/mol. The molecule has 1 aliphatic heterocycles. The molecule has 1 aromatic carbocycles. The fourth-order valence-corrected chi connectivity index (χ4v) is 3.30. The van der Waals surface area contributed by atoms with Gasteiger partial charge in [-0.3, -0.25) is 0 Å². The summed E-state index contributed by atoms with van der Waals surface area (Å²) in [5.41, 5.74) is -0.211. The van der Waals surface area contributed by atoms with E-state index in [2.05, 4.69) is 6.92 Å². The highest BCUT2D eigenvalue weighted by Crippen LogP contribution is 2.58. The van der Waals surface area contributed by atoms with Gasteiger partial charge in [0.2, 0.25) is 0 Å². The Hall–Kier alpha value is -0.860. The molecule has 0 radical (unpaired) electrons. The Kier molecular flexibility index (Phi) is 2.36. The normalized spacial score (nSPS) is 39.2. The van der Waals surface area contributed by atoms with Gasteiger partial charge in [0, 0.05) is 0 Å². The fraction of sp³-hybridized carbons (Fsp3) is 0.600. The molecule has 17 heavy (non-hydrogen) atoms. The maximum atomic E-state index is 10.9. The molecule has 0 bridgehead atoms. The average Bonchev–Trinajstić information content (AvgIpc) is 3.05. The fourth-order valence-electron chi connectivity index (χ4n) is 3.30. The number of rotatable bonds is 2. The molecule has 0 unspecified atom stereocenters. The predicted molar refractivity (Wildman–Crippen MR) is 66.6 cm³/mol. The van der Waals surface area contributed by atoms with Crippen LogP contribution in [0.15, 0.2) is 30.3 Å². The van der Waals surface area contributed by atoms with E-state index in [-0.39, 0.29) is 11.7 Å². The van der Waals surface area contributed by atoms with Crippen LogP contribution >= 0.6 is 0 Å². The van der Waals surface area contributed by atoms with Gasteiger partial charge in [-0.05, 0) is 37.7 Å². The van der Waals surface area contributed by atoms with Crippen molar-refractivity contribution in [3.05, 3.63) is 35.9 Å². The zero-order chi connectivity index (χ0) is 12.1. The second-order valence-corrected chi connectivity index (χ2v) is 5.81. The van der Waals surface area contributed by atoms with E-state index in [4.69, 9.17) is 4.74 Å². The summed E-state index contributed by atoms with van der Waals surface area (Å²) in [5, 5.41) is 10.9. The number of fused-ring (bicyclic) bond motifs is 1. The molecule has 2 aliphatic rings. The van der Waals surface area contributed by atoms with Crippen molar-refractivity contribution >= 4 is 0 Å². The van der Waals surface area contributed by atoms with E-state index >= 15 is 0 Å². The summed E-state index contributed by atoms with van der Waals surface area (Å²) in [7, 11) is 0. The Balaban J connectivity index is 1.90. The van der Waals surface area contributed by atoms with Gasteiger partial charge in [0.05, 0.1) is 6.10 Å². The zero-order valence-corrected chi connectivity index (χ0v) is 10.5. The van der Waals surface area contributed by atoms with Gasteiger partial charge in [0.15, 0.2) is 0 Å². The summed E-state index contributed by atoms with van der Waals surface area (Å²) >= 11 is 0. The molecule has 1 saturated carbocycles. The molecular weight excluding hydrogens is 212 g/mol. The molecular formula is C15H20O2. The van der Waals surface area contributed by atoms with Gasteiger partial charge in [-0.25, -0.2) is 0 Å². The van der Waals surface area contributed by atoms with Crippen molar-refractivity contribution in [3.8, 4) is 0 Å². The van der Waals surface area contributed by atoms with E-state index in [0.717, 1.165) is 30.7 Å². The van der Waals surface area contributed by atoms with E-state index in [1.807, 2.05) is 37.3 Å². The van der Waals surface area contributed by atoms with Crippen LogP contribution in [-0.2, 0) is 10.3 Å². The summed E-state index contributed by atoms with van der Waals surface area (Å²) < 4.78 is 5.91. The topological polar surface area (TPSA) is 32.8 Å². The monoisotopic (exact) mass is 232 g/mol. The van der Waals surface area contributed by atoms with Gasteiger partial charge in [-0.1, -0.05) is 37.3 Å². The number of benzene rings is 1. The largest absolute Gasteiger partial charge is 0.382 e. The van der Waals surface area contributed by atoms with Crippen LogP contribution in [-0.4, -0.2) is 16.8 Å². The summed E-state index contributed by atoms with van der Waals surface area (Å²) in [6.07, 6.45) is 3.46. The highest BCUT2D eigenvalue weighted by atomic mass is 16.6. The zero-order valence-electron chi connectivity index (χ0n) is 10.5. The van der Waals surface area contributed by atoms with Gasteiger partial charge in [-0.15, -0.1) is 0 Å². The van der Waals surface area contributed by atoms with Gasteiger partial charge in [-0.2, -0.15) is 0 Å². The summed E-state index contributed by atoms with van der Waals surface area (Å²) in [6, 6.07) is 9.91. The summed E-state index contributed by atoms with van der Waals surface area (Å²) in [5.74, 6) is 0.724. The first-order valence-corrected chi connectivity index (χ1v) is 6.52. The predicted octanol–water partition coefficient (Wildman–Crippen LogP) is 2.85. The van der Waals surface area contributed by atoms with Crippen LogP contribution in [0.1, 0.15) is 38.7 Å². The third-order valence-electron chi connectivity index (χ3n) is 4.60. The standard InChI is InChI=1S/C15H20O2/c1-11-8-9-15(13(10-11)17-15)14(2,16)12-6-4-3-5-7-12/h3-7,11,13,16H,8-10H2,1-2H3/t11-,13-,14-,15+/m1/s1. The van der Waals surface area contributed by atoms with Crippen LogP contribution in [0.2, 0.25) is 0 Å². The van der Waals surface area contributed by atoms with E-state index in [9.17, 15) is 5.11 Å². The molecule has 1 N–H and O–H groups in total. The highest BCUT2D eigenvalue weighted by Gasteiger charge is 2.68. The van der Waals surface area contributed by atoms with Gasteiger partial charge >= 0.3 is 0 Å². The lowest BCUT2D eigenvalue weighted by atomic mass is 9.71. The lowest BCUT2D eigenvalue weighted by Crippen LogP contribution is -2.44. The molecule has 92 valence electrons. The second-order valence-electron chi connectivity index (χ2n) is 5.81. The molecule has 2 fully saturated rings. The number of hydrogen-bond donors (Lipinski definition) is 1. The van der Waals surface area contributed by atoms with Crippen LogP contribution in [0.5, 0.6) is 0 Å². The Morgan fingerprint density at radius 2 is 2.06 bits per heavy atom. The quantitative estimate of drug-likeness (QED) is 0.795. The summed E-state index contributed by atoms with van der Waals surface area (Å²) in [4.78, 5) is 0. The molecule has 1 aliphatic carbocycles. The Morgan fingerprint density at radius 1 is 1.35 bits per heavy atom. The van der Waals surface area contributed by atoms with Crippen molar-refractivity contribution in [1.82, 2.24) is 0 Å². The first-order chi connectivity index (χ1) is 8.06. The lowest BCUT2D eigenvalue weighted by Gasteiger charge is -2.34. The van der Waals surface area contributed by atoms with Crippen molar-refractivity contribution in [3.63, 3.8) is 0 Å². The number of aliphatic hydroxyl groups is 1. The van der Waals surface area contributed by atoms with Crippen molar-refractivity contribution < 1.29 is 9.84 Å². The van der Waals surface area contributed by atoms with Crippen molar-refractivity contribution in [2.75, 3.05) is 0 Å². The first kappa shape index (κ1) is 11.2. The smallest absolute Gasteiger partial charge is 0.127 e. The molecule has 1 saturated heterocycles. The highest BCUT2D eigenvalue weighted by molar-refractivity contribution is 5.30. The molecule has 2 nitrogen and oxygen atoms in total. The van der Waals surface area contributed by atoms with Gasteiger partial charge in [0.1, 0.15) is 11.2 Å². The van der Waals surface area contributed by atoms with Crippen molar-refractivity contribution in [1.29, 1.82) is 0 Å². The number of ether oxygens (including phenoxy) is 1.